The van der Waals surface area contributed by atoms with Crippen molar-refractivity contribution in [3.8, 4) is 23.3 Å². The zero-order valence-electron chi connectivity index (χ0n) is 43.7. The Morgan fingerprint density at radius 3 is 1.64 bits per heavy atom. The topological polar surface area (TPSA) is 263 Å². The van der Waals surface area contributed by atoms with Crippen LogP contribution in [0.2, 0.25) is 66.1 Å². The standard InChI is InChI=1S/C21H29ClN6O4SSi.C17H23ClN2O3Si.C7H15N3O2SSi/c1-14-16(12-27(5)24-14)33(30,31)26-20(29)15-8-9-17(23-19(15)22)28-11-10-18(25-28)32-13-34(6,7)21(2,3)4;1-17(2,3)24(4,5)11-23-15-8-9-20(19-15)12-6-7-13(16(21)22)14(18)10-12;1-10-5-6(13(8,11)12)7(9-10)14(2,3)4/h8-12H,13H2,1-7H3,(H,26,29);6-10H,11H2,1-5H3,(H,21,22);5H,1-4H3,(H2,8,11,12). The van der Waals surface area contributed by atoms with Crippen LogP contribution in [-0.2, 0) is 34.1 Å². The van der Waals surface area contributed by atoms with Gasteiger partial charge in [-0.15, -0.1) is 10.2 Å². The highest BCUT2D eigenvalue weighted by molar-refractivity contribution is 7.90. The van der Waals surface area contributed by atoms with Crippen molar-refractivity contribution in [3.05, 3.63) is 94.2 Å². The number of rotatable bonds is 14. The van der Waals surface area contributed by atoms with E-state index in [1.807, 2.05) is 24.4 Å². The Morgan fingerprint density at radius 1 is 0.722 bits per heavy atom. The maximum Gasteiger partial charge on any atom is 0.337 e. The van der Waals surface area contributed by atoms with Crippen LogP contribution < -0.4 is 24.7 Å². The Morgan fingerprint density at radius 2 is 1.21 bits per heavy atom. The molecule has 0 bridgehead atoms. The molecule has 0 radical (unpaired) electrons. The van der Waals surface area contributed by atoms with E-state index in [2.05, 4.69) is 93.1 Å². The fraction of sp³-hybridized carbons (Fsp3) is 0.444. The van der Waals surface area contributed by atoms with Crippen LogP contribution in [0.1, 0.15) is 68.0 Å². The lowest BCUT2D eigenvalue weighted by Gasteiger charge is -2.35. The van der Waals surface area contributed by atoms with E-state index in [1.165, 1.54) is 51.6 Å². The van der Waals surface area contributed by atoms with E-state index in [1.54, 1.807) is 55.4 Å². The lowest BCUT2D eigenvalue weighted by atomic mass is 10.2. The fourth-order valence-electron chi connectivity index (χ4n) is 5.79. The number of sulfonamides is 2. The predicted molar refractivity (Wildman–Crippen MR) is 287 cm³/mol. The van der Waals surface area contributed by atoms with E-state index in [-0.39, 0.29) is 46.9 Å². The van der Waals surface area contributed by atoms with Crippen molar-refractivity contribution in [1.82, 2.24) is 48.8 Å². The van der Waals surface area contributed by atoms with Gasteiger partial charge in [0.05, 0.1) is 61.5 Å². The highest BCUT2D eigenvalue weighted by atomic mass is 35.5. The molecule has 1 amide bonds. The van der Waals surface area contributed by atoms with E-state index in [9.17, 15) is 26.4 Å². The zero-order valence-corrected chi connectivity index (χ0v) is 49.8. The summed E-state index contributed by atoms with van der Waals surface area (Å²) in [6, 6.07) is 11.2. The van der Waals surface area contributed by atoms with Crippen molar-refractivity contribution in [2.24, 2.45) is 19.2 Å². The molecule has 0 saturated carbocycles. The minimum atomic E-state index is -4.12. The molecule has 4 N–H and O–H groups in total. The number of nitrogens with two attached hydrogens (primary N) is 1. The minimum Gasteiger partial charge on any atom is -0.480 e. The van der Waals surface area contributed by atoms with Gasteiger partial charge in [-0.05, 0) is 47.3 Å². The normalized spacial score (nSPS) is 12.6. The Balaban J connectivity index is 0.000000256. The second kappa shape index (κ2) is 22.1. The van der Waals surface area contributed by atoms with Crippen molar-refractivity contribution in [1.29, 1.82) is 0 Å². The summed E-state index contributed by atoms with van der Waals surface area (Å²) in [7, 11) is -9.43. The molecule has 20 nitrogen and oxygen atoms in total. The molecular weight excluding hydrogens is 1060 g/mol. The Bertz CT molecular complexity index is 3150. The summed E-state index contributed by atoms with van der Waals surface area (Å²) in [5, 5.41) is 32.2. The molecule has 5 heterocycles. The summed E-state index contributed by atoms with van der Waals surface area (Å²) >= 11 is 12.2. The number of aromatic nitrogens is 9. The molecule has 1 aromatic carbocycles. The molecule has 5 aromatic heterocycles. The van der Waals surface area contributed by atoms with Gasteiger partial charge in [0.1, 0.15) is 23.0 Å². The first-order valence-electron chi connectivity index (χ1n) is 22.5. The summed E-state index contributed by atoms with van der Waals surface area (Å²) in [6.07, 6.45) is 7.53. The number of amides is 1. The number of ether oxygens (including phenoxy) is 2. The van der Waals surface area contributed by atoms with Crippen LogP contribution in [0.4, 0.5) is 0 Å². The third kappa shape index (κ3) is 15.2. The first kappa shape index (κ1) is 59.4. The van der Waals surface area contributed by atoms with Gasteiger partial charge in [-0.25, -0.2) is 45.8 Å². The number of carboxylic acid groups (broad SMARTS) is 1. The molecule has 394 valence electrons. The highest BCUT2D eigenvalue weighted by Gasteiger charge is 2.37. The van der Waals surface area contributed by atoms with Crippen LogP contribution in [0.15, 0.2) is 77.0 Å². The maximum absolute atomic E-state index is 12.6. The number of carbonyl (C=O) groups excluding carboxylic acids is 1. The number of pyridine rings is 1. The number of carbonyl (C=O) groups is 2. The van der Waals surface area contributed by atoms with Crippen LogP contribution in [0.25, 0.3) is 11.5 Å². The van der Waals surface area contributed by atoms with Gasteiger partial charge in [-0.1, -0.05) is 111 Å². The number of nitrogens with one attached hydrogen (secondary N) is 1. The largest absolute Gasteiger partial charge is 0.480 e. The number of hydrogen-bond donors (Lipinski definition) is 3. The van der Waals surface area contributed by atoms with Gasteiger partial charge < -0.3 is 14.6 Å². The van der Waals surface area contributed by atoms with E-state index < -0.39 is 56.1 Å². The monoisotopic (exact) mass is 1120 g/mol. The summed E-state index contributed by atoms with van der Waals surface area (Å²) in [5.41, 5.74) is 0.943. The molecule has 0 aliphatic carbocycles. The SMILES string of the molecule is CC(C)(C)[Si](C)(C)COc1ccn(-c2ccc(C(=O)O)c(Cl)c2)n1.Cc1nn(C)cc1S(=O)(=O)NC(=O)c1ccc(-n2ccc(OC[Si](C)(C)C(C)(C)C)n2)nc1Cl.Cn1cc(S(N)(=O)=O)c([Si](C)(C)C)n1. The van der Waals surface area contributed by atoms with E-state index in [0.29, 0.717) is 41.0 Å². The fourth-order valence-corrected chi connectivity index (χ4v) is 12.6. The van der Waals surface area contributed by atoms with Gasteiger partial charge in [0.2, 0.25) is 21.8 Å². The van der Waals surface area contributed by atoms with Crippen LogP contribution in [0.5, 0.6) is 11.8 Å². The number of halogens is 2. The Kier molecular flexibility index (Phi) is 18.3. The molecule has 6 rings (SSSR count). The van der Waals surface area contributed by atoms with E-state index in [0.717, 1.165) is 0 Å². The maximum atomic E-state index is 12.6. The van der Waals surface area contributed by atoms with Crippen molar-refractivity contribution < 1.29 is 41.0 Å². The second-order valence-corrected chi connectivity index (χ2v) is 41.5. The molecule has 0 unspecified atom stereocenters. The average Bonchev–Trinajstić information content (AvgIpc) is 4.05. The molecule has 27 heteroatoms. The number of hydrogen-bond acceptors (Lipinski definition) is 13. The van der Waals surface area contributed by atoms with Crippen LogP contribution in [0, 0.1) is 6.92 Å². The van der Waals surface area contributed by atoms with Gasteiger partial charge in [0.25, 0.3) is 15.9 Å². The molecule has 0 spiro atoms. The van der Waals surface area contributed by atoms with E-state index >= 15 is 0 Å². The predicted octanol–water partition coefficient (Wildman–Crippen LogP) is 7.77. The number of primary sulfonamides is 1. The summed E-state index contributed by atoms with van der Waals surface area (Å²) in [6.45, 7) is 30.1. The summed E-state index contributed by atoms with van der Waals surface area (Å²) in [5.74, 6) is -0.577. The number of benzene rings is 1. The number of aryl methyl sites for hydroxylation is 3. The van der Waals surface area contributed by atoms with Gasteiger partial charge in [0.15, 0.2) is 5.82 Å². The molecule has 6 aromatic rings. The molecule has 0 aliphatic heterocycles. The lowest BCUT2D eigenvalue weighted by Crippen LogP contribution is -2.43. The van der Waals surface area contributed by atoms with Crippen molar-refractivity contribution in [3.63, 3.8) is 0 Å². The van der Waals surface area contributed by atoms with Crippen LogP contribution >= 0.6 is 23.2 Å². The lowest BCUT2D eigenvalue weighted by molar-refractivity contribution is 0.0696. The average molecular weight is 1130 g/mol. The first-order chi connectivity index (χ1) is 32.7. The zero-order chi connectivity index (χ0) is 54.7. The van der Waals surface area contributed by atoms with Crippen molar-refractivity contribution >= 4 is 84.7 Å². The molecular formula is C45H67Cl2N11O9S2Si3. The third-order valence-corrected chi connectivity index (χ3v) is 27.2. The third-order valence-electron chi connectivity index (χ3n) is 12.4. The van der Waals surface area contributed by atoms with Gasteiger partial charge in [0, 0.05) is 51.0 Å². The molecule has 0 fully saturated rings. The van der Waals surface area contributed by atoms with Gasteiger partial charge in [-0.2, -0.15) is 10.2 Å². The first-order valence-corrected chi connectivity index (χ1v) is 36.2. The molecule has 72 heavy (non-hydrogen) atoms. The highest BCUT2D eigenvalue weighted by Crippen LogP contribution is 2.37. The van der Waals surface area contributed by atoms with Crippen molar-refractivity contribution in [2.75, 3.05) is 12.5 Å². The molecule has 0 saturated heterocycles. The second-order valence-electron chi connectivity index (χ2n) is 21.5. The van der Waals surface area contributed by atoms with E-state index in [4.69, 9.17) is 42.9 Å². The number of carboxylic acids is 1. The van der Waals surface area contributed by atoms with Crippen LogP contribution in [0.3, 0.4) is 0 Å². The number of nitrogens with zero attached hydrogens (tertiary/aromatic N) is 9. The quantitative estimate of drug-likeness (QED) is 0.0695. The Hall–Kier alpha value is -5.16. The molecule has 0 atom stereocenters. The summed E-state index contributed by atoms with van der Waals surface area (Å²) < 4.78 is 67.4. The number of aromatic carboxylic acids is 1. The van der Waals surface area contributed by atoms with Gasteiger partial charge >= 0.3 is 5.97 Å². The molecule has 0 aliphatic rings. The summed E-state index contributed by atoms with van der Waals surface area (Å²) in [4.78, 5) is 27.9. The smallest absolute Gasteiger partial charge is 0.337 e. The Labute approximate surface area is 435 Å². The minimum absolute atomic E-state index is 0.0713. The van der Waals surface area contributed by atoms with Crippen LogP contribution in [-0.4, -0.2) is 115 Å². The van der Waals surface area contributed by atoms with Crippen molar-refractivity contribution in [2.45, 2.75) is 114 Å². The van der Waals surface area contributed by atoms with Gasteiger partial charge in [-0.3, -0.25) is 14.2 Å².